The van der Waals surface area contributed by atoms with Gasteiger partial charge in [0, 0.05) is 13.1 Å². The minimum atomic E-state index is -0.274. The molecule has 0 radical (unpaired) electrons. The molecule has 3 aromatic heterocycles. The lowest BCUT2D eigenvalue weighted by molar-refractivity contribution is -0.122. The van der Waals surface area contributed by atoms with Crippen LogP contribution in [-0.2, 0) is 17.9 Å². The van der Waals surface area contributed by atoms with E-state index in [-0.39, 0.29) is 24.6 Å². The second kappa shape index (κ2) is 7.51. The molecule has 0 bridgehead atoms. The summed E-state index contributed by atoms with van der Waals surface area (Å²) in [5, 5.41) is 3.56. The Bertz CT molecular complexity index is 994. The Kier molecular flexibility index (Phi) is 4.93. The van der Waals surface area contributed by atoms with Crippen LogP contribution >= 0.6 is 11.3 Å². The maximum absolute atomic E-state index is 12.7. The topological polar surface area (TPSA) is 93.3 Å². The third-order valence-electron chi connectivity index (χ3n) is 4.65. The number of hydrogen-bond acceptors (Lipinski definition) is 7. The summed E-state index contributed by atoms with van der Waals surface area (Å²) < 4.78 is 6.99. The molecule has 9 heteroatoms. The molecule has 1 atom stereocenters. The molecule has 0 spiro atoms. The van der Waals surface area contributed by atoms with Crippen LogP contribution in [0.3, 0.4) is 0 Å². The van der Waals surface area contributed by atoms with E-state index in [2.05, 4.69) is 27.1 Å². The second-order valence-electron chi connectivity index (χ2n) is 6.88. The minimum Gasteiger partial charge on any atom is -0.467 e. The van der Waals surface area contributed by atoms with Crippen molar-refractivity contribution in [2.75, 3.05) is 18.0 Å². The van der Waals surface area contributed by atoms with Gasteiger partial charge in [-0.15, -0.1) is 0 Å². The van der Waals surface area contributed by atoms with Crippen molar-refractivity contribution in [2.45, 2.75) is 32.9 Å². The summed E-state index contributed by atoms with van der Waals surface area (Å²) in [5.74, 6) is 1.00. The van der Waals surface area contributed by atoms with Gasteiger partial charge in [0.1, 0.15) is 23.3 Å². The van der Waals surface area contributed by atoms with Crippen LogP contribution in [0.2, 0.25) is 0 Å². The van der Waals surface area contributed by atoms with Crippen LogP contribution in [0.5, 0.6) is 0 Å². The number of rotatable bonds is 5. The van der Waals surface area contributed by atoms with Crippen molar-refractivity contribution in [1.82, 2.24) is 19.9 Å². The zero-order chi connectivity index (χ0) is 18.8. The van der Waals surface area contributed by atoms with E-state index in [4.69, 9.17) is 4.42 Å². The molecule has 3 aromatic rings. The molecule has 1 fully saturated rings. The molecule has 8 nitrogen and oxygen atoms in total. The number of nitrogens with one attached hydrogen (secondary N) is 1. The summed E-state index contributed by atoms with van der Waals surface area (Å²) in [6.45, 7) is 4.33. The fraction of sp³-hybridized carbons (Fsp3) is 0.444. The highest BCUT2D eigenvalue weighted by molar-refractivity contribution is 7.22. The molecule has 27 heavy (non-hydrogen) atoms. The van der Waals surface area contributed by atoms with Crippen LogP contribution in [-0.4, -0.2) is 33.5 Å². The molecule has 142 valence electrons. The number of carbonyl (C=O) groups is 1. The predicted octanol–water partition coefficient (Wildman–Crippen LogP) is 2.00. The Hall–Kier alpha value is -2.68. The van der Waals surface area contributed by atoms with Gasteiger partial charge in [0.05, 0.1) is 12.8 Å². The normalized spacial score (nSPS) is 17.4. The standard InChI is InChI=1S/C18H21N5O3S/c1-12-4-2-6-22(9-12)18-21-16-15(27-18)17(25)23(11-20-16)10-14(24)19-8-13-5-3-7-26-13/h3,5,7,11-12H,2,4,6,8-10H2,1H3,(H,19,24)/t12-/m1/s1. The summed E-state index contributed by atoms with van der Waals surface area (Å²) in [6.07, 6.45) is 5.29. The first-order valence-corrected chi connectivity index (χ1v) is 9.82. The van der Waals surface area contributed by atoms with Crippen molar-refractivity contribution in [1.29, 1.82) is 0 Å². The lowest BCUT2D eigenvalue weighted by Crippen LogP contribution is -2.34. The van der Waals surface area contributed by atoms with Crippen LogP contribution in [0.4, 0.5) is 5.13 Å². The second-order valence-corrected chi connectivity index (χ2v) is 7.85. The van der Waals surface area contributed by atoms with Crippen LogP contribution in [0.25, 0.3) is 10.3 Å². The number of fused-ring (bicyclic) bond motifs is 1. The SMILES string of the molecule is C[C@@H]1CCCN(c2nc3ncn(CC(=O)NCc4ccco4)c(=O)c3s2)C1. The molecule has 1 saturated heterocycles. The van der Waals surface area contributed by atoms with E-state index in [1.165, 1.54) is 28.7 Å². The molecule has 0 unspecified atom stereocenters. The van der Waals surface area contributed by atoms with Crippen molar-refractivity contribution >= 4 is 32.7 Å². The van der Waals surface area contributed by atoms with Gasteiger partial charge >= 0.3 is 0 Å². The average molecular weight is 387 g/mol. The first-order chi connectivity index (χ1) is 13.1. The van der Waals surface area contributed by atoms with Crippen molar-refractivity contribution in [3.05, 3.63) is 40.8 Å². The summed E-state index contributed by atoms with van der Waals surface area (Å²) >= 11 is 1.36. The monoisotopic (exact) mass is 387 g/mol. The Labute approximate surface area is 159 Å². The number of anilines is 1. The van der Waals surface area contributed by atoms with Gasteiger partial charge in [0.2, 0.25) is 5.91 Å². The fourth-order valence-electron chi connectivity index (χ4n) is 3.26. The molecule has 1 aliphatic heterocycles. The first-order valence-electron chi connectivity index (χ1n) is 9.00. The number of thiazole rings is 1. The zero-order valence-electron chi connectivity index (χ0n) is 15.1. The average Bonchev–Trinajstić information content (AvgIpc) is 3.32. The van der Waals surface area contributed by atoms with Crippen molar-refractivity contribution < 1.29 is 9.21 Å². The molecule has 1 aliphatic rings. The van der Waals surface area contributed by atoms with E-state index in [9.17, 15) is 9.59 Å². The summed E-state index contributed by atoms with van der Waals surface area (Å²) in [7, 11) is 0. The molecule has 1 amide bonds. The lowest BCUT2D eigenvalue weighted by atomic mass is 10.0. The zero-order valence-corrected chi connectivity index (χ0v) is 15.9. The molecular weight excluding hydrogens is 366 g/mol. The van der Waals surface area contributed by atoms with Gasteiger partial charge in [0.15, 0.2) is 10.8 Å². The van der Waals surface area contributed by atoms with Crippen LogP contribution in [0.15, 0.2) is 33.9 Å². The molecule has 4 heterocycles. The number of furan rings is 1. The number of aromatic nitrogens is 3. The van der Waals surface area contributed by atoms with Crippen molar-refractivity contribution in [3.8, 4) is 0 Å². The van der Waals surface area contributed by atoms with Gasteiger partial charge in [-0.2, -0.15) is 4.98 Å². The molecule has 0 aliphatic carbocycles. The van der Waals surface area contributed by atoms with Gasteiger partial charge in [0.25, 0.3) is 5.56 Å². The summed E-state index contributed by atoms with van der Waals surface area (Å²) in [6, 6.07) is 3.54. The molecule has 0 aromatic carbocycles. The summed E-state index contributed by atoms with van der Waals surface area (Å²) in [5.41, 5.74) is 0.215. The van der Waals surface area contributed by atoms with Crippen LogP contribution < -0.4 is 15.8 Å². The van der Waals surface area contributed by atoms with E-state index in [0.717, 1.165) is 24.6 Å². The summed E-state index contributed by atoms with van der Waals surface area (Å²) in [4.78, 5) is 35.9. The molecule has 0 saturated carbocycles. The molecule has 1 N–H and O–H groups in total. The highest BCUT2D eigenvalue weighted by Gasteiger charge is 2.21. The smallest absolute Gasteiger partial charge is 0.273 e. The van der Waals surface area contributed by atoms with Gasteiger partial charge in [-0.3, -0.25) is 14.2 Å². The van der Waals surface area contributed by atoms with Crippen molar-refractivity contribution in [2.24, 2.45) is 5.92 Å². The number of carbonyl (C=O) groups excluding carboxylic acids is 1. The number of amides is 1. The van der Waals surface area contributed by atoms with Crippen molar-refractivity contribution in [3.63, 3.8) is 0 Å². The fourth-order valence-corrected chi connectivity index (χ4v) is 4.26. The van der Waals surface area contributed by atoms with Crippen LogP contribution in [0, 0.1) is 5.92 Å². The van der Waals surface area contributed by atoms with E-state index >= 15 is 0 Å². The third-order valence-corrected chi connectivity index (χ3v) is 5.75. The largest absolute Gasteiger partial charge is 0.467 e. The van der Waals surface area contributed by atoms with Crippen LogP contribution in [0.1, 0.15) is 25.5 Å². The van der Waals surface area contributed by atoms with Gasteiger partial charge in [-0.1, -0.05) is 18.3 Å². The quantitative estimate of drug-likeness (QED) is 0.720. The van der Waals surface area contributed by atoms with E-state index in [1.807, 2.05) is 0 Å². The maximum atomic E-state index is 12.7. The number of piperidine rings is 1. The third kappa shape index (κ3) is 3.87. The Balaban J connectivity index is 1.49. The van der Waals surface area contributed by atoms with E-state index in [0.29, 0.717) is 22.0 Å². The minimum absolute atomic E-state index is 0.0868. The first kappa shape index (κ1) is 17.7. The Morgan fingerprint density at radius 3 is 3.15 bits per heavy atom. The van der Waals surface area contributed by atoms with Gasteiger partial charge in [-0.25, -0.2) is 4.98 Å². The lowest BCUT2D eigenvalue weighted by Gasteiger charge is -2.30. The molecular formula is C18H21N5O3S. The van der Waals surface area contributed by atoms with Gasteiger partial charge < -0.3 is 14.6 Å². The van der Waals surface area contributed by atoms with E-state index in [1.54, 1.807) is 18.4 Å². The molecule has 4 rings (SSSR count). The predicted molar refractivity (Wildman–Crippen MR) is 103 cm³/mol. The highest BCUT2D eigenvalue weighted by Crippen LogP contribution is 2.28. The Morgan fingerprint density at radius 2 is 2.37 bits per heavy atom. The Morgan fingerprint density at radius 1 is 1.48 bits per heavy atom. The maximum Gasteiger partial charge on any atom is 0.273 e. The number of hydrogen-bond donors (Lipinski definition) is 1. The highest BCUT2D eigenvalue weighted by atomic mass is 32.1. The van der Waals surface area contributed by atoms with E-state index < -0.39 is 0 Å². The number of nitrogens with zero attached hydrogens (tertiary/aromatic N) is 4. The van der Waals surface area contributed by atoms with Gasteiger partial charge in [-0.05, 0) is 30.9 Å².